The summed E-state index contributed by atoms with van der Waals surface area (Å²) in [5, 5.41) is 12.1. The van der Waals surface area contributed by atoms with Crippen LogP contribution in [-0.4, -0.2) is 41.8 Å². The van der Waals surface area contributed by atoms with E-state index in [2.05, 4.69) is 12.2 Å². The van der Waals surface area contributed by atoms with Crippen molar-refractivity contribution in [2.75, 3.05) is 19.6 Å². The number of amides is 1. The van der Waals surface area contributed by atoms with Gasteiger partial charge in [0, 0.05) is 25.7 Å². The molecule has 1 saturated heterocycles. The zero-order valence-corrected chi connectivity index (χ0v) is 8.12. The SMILES string of the molecule is CCCCC1CNCCN1C(=O)O. The van der Waals surface area contributed by atoms with E-state index in [0.29, 0.717) is 6.54 Å². The number of rotatable bonds is 3. The molecule has 1 unspecified atom stereocenters. The highest BCUT2D eigenvalue weighted by molar-refractivity contribution is 5.65. The maximum Gasteiger partial charge on any atom is 0.407 e. The molecule has 0 aromatic carbocycles. The zero-order valence-electron chi connectivity index (χ0n) is 8.12. The molecule has 0 aromatic heterocycles. The zero-order chi connectivity index (χ0) is 9.68. The van der Waals surface area contributed by atoms with Gasteiger partial charge in [-0.3, -0.25) is 0 Å². The van der Waals surface area contributed by atoms with Gasteiger partial charge in [-0.25, -0.2) is 4.79 Å². The molecule has 0 spiro atoms. The van der Waals surface area contributed by atoms with Crippen LogP contribution in [0.1, 0.15) is 26.2 Å². The monoisotopic (exact) mass is 186 g/mol. The summed E-state index contributed by atoms with van der Waals surface area (Å²) in [6, 6.07) is 0.186. The molecule has 2 N–H and O–H groups in total. The summed E-state index contributed by atoms with van der Waals surface area (Å²) >= 11 is 0. The van der Waals surface area contributed by atoms with Crippen LogP contribution in [0.5, 0.6) is 0 Å². The molecule has 0 saturated carbocycles. The molecule has 4 heteroatoms. The second-order valence-corrected chi connectivity index (χ2v) is 3.48. The number of carbonyl (C=O) groups is 1. The first kappa shape index (κ1) is 10.3. The number of nitrogens with one attached hydrogen (secondary N) is 1. The van der Waals surface area contributed by atoms with E-state index in [1.165, 1.54) is 0 Å². The lowest BCUT2D eigenvalue weighted by Crippen LogP contribution is -2.53. The quantitative estimate of drug-likeness (QED) is 0.694. The van der Waals surface area contributed by atoms with Gasteiger partial charge >= 0.3 is 6.09 Å². The average molecular weight is 186 g/mol. The molecule has 1 aliphatic heterocycles. The molecular formula is C9H18N2O2. The smallest absolute Gasteiger partial charge is 0.407 e. The first-order valence-corrected chi connectivity index (χ1v) is 4.96. The molecule has 0 radical (unpaired) electrons. The minimum Gasteiger partial charge on any atom is -0.465 e. The summed E-state index contributed by atoms with van der Waals surface area (Å²) in [5.74, 6) is 0. The van der Waals surface area contributed by atoms with E-state index < -0.39 is 6.09 Å². The number of piperazine rings is 1. The van der Waals surface area contributed by atoms with Crippen LogP contribution >= 0.6 is 0 Å². The van der Waals surface area contributed by atoms with Crippen LogP contribution in [0.3, 0.4) is 0 Å². The van der Waals surface area contributed by atoms with Crippen LogP contribution in [0.25, 0.3) is 0 Å². The Kier molecular flexibility index (Phi) is 4.02. The second kappa shape index (κ2) is 5.07. The van der Waals surface area contributed by atoms with Crippen LogP contribution in [0.15, 0.2) is 0 Å². The first-order chi connectivity index (χ1) is 6.25. The molecule has 1 amide bonds. The molecule has 1 fully saturated rings. The Morgan fingerprint density at radius 3 is 3.08 bits per heavy atom. The third-order valence-corrected chi connectivity index (χ3v) is 2.49. The van der Waals surface area contributed by atoms with E-state index in [1.807, 2.05) is 0 Å². The van der Waals surface area contributed by atoms with Gasteiger partial charge in [-0.2, -0.15) is 0 Å². The number of carboxylic acid groups (broad SMARTS) is 1. The van der Waals surface area contributed by atoms with Crippen molar-refractivity contribution in [1.82, 2.24) is 10.2 Å². The van der Waals surface area contributed by atoms with Gasteiger partial charge in [0.15, 0.2) is 0 Å². The number of hydrogen-bond acceptors (Lipinski definition) is 2. The summed E-state index contributed by atoms with van der Waals surface area (Å²) in [4.78, 5) is 12.4. The summed E-state index contributed by atoms with van der Waals surface area (Å²) in [6.07, 6.45) is 2.44. The maximum absolute atomic E-state index is 10.8. The molecule has 0 bridgehead atoms. The summed E-state index contributed by atoms with van der Waals surface area (Å²) < 4.78 is 0. The highest BCUT2D eigenvalue weighted by Crippen LogP contribution is 2.10. The maximum atomic E-state index is 10.8. The molecule has 0 aromatic rings. The third kappa shape index (κ3) is 2.88. The fourth-order valence-corrected chi connectivity index (χ4v) is 1.71. The van der Waals surface area contributed by atoms with E-state index >= 15 is 0 Å². The Morgan fingerprint density at radius 2 is 2.46 bits per heavy atom. The van der Waals surface area contributed by atoms with Crippen LogP contribution in [0, 0.1) is 0 Å². The fourth-order valence-electron chi connectivity index (χ4n) is 1.71. The van der Waals surface area contributed by atoms with E-state index in [9.17, 15) is 4.79 Å². The van der Waals surface area contributed by atoms with Crippen LogP contribution < -0.4 is 5.32 Å². The lowest BCUT2D eigenvalue weighted by molar-refractivity contribution is 0.108. The van der Waals surface area contributed by atoms with Gasteiger partial charge in [0.1, 0.15) is 0 Å². The van der Waals surface area contributed by atoms with E-state index in [1.54, 1.807) is 4.90 Å². The van der Waals surface area contributed by atoms with Crippen molar-refractivity contribution in [3.05, 3.63) is 0 Å². The van der Waals surface area contributed by atoms with Crippen LogP contribution in [0.4, 0.5) is 4.79 Å². The first-order valence-electron chi connectivity index (χ1n) is 4.96. The van der Waals surface area contributed by atoms with Gasteiger partial charge < -0.3 is 15.3 Å². The second-order valence-electron chi connectivity index (χ2n) is 3.48. The molecule has 1 heterocycles. The van der Waals surface area contributed by atoms with E-state index in [4.69, 9.17) is 5.11 Å². The Hall–Kier alpha value is -0.770. The average Bonchev–Trinajstić information content (AvgIpc) is 2.15. The van der Waals surface area contributed by atoms with Gasteiger partial charge in [-0.15, -0.1) is 0 Å². The highest BCUT2D eigenvalue weighted by atomic mass is 16.4. The standard InChI is InChI=1S/C9H18N2O2/c1-2-3-4-8-7-10-5-6-11(8)9(12)13/h8,10H,2-7H2,1H3,(H,12,13). The van der Waals surface area contributed by atoms with Crippen molar-refractivity contribution < 1.29 is 9.90 Å². The Morgan fingerprint density at radius 1 is 1.69 bits per heavy atom. The summed E-state index contributed by atoms with van der Waals surface area (Å²) in [6.45, 7) is 4.35. The summed E-state index contributed by atoms with van der Waals surface area (Å²) in [7, 11) is 0. The Bertz CT molecular complexity index is 173. The van der Waals surface area contributed by atoms with Gasteiger partial charge in [-0.1, -0.05) is 19.8 Å². The fraction of sp³-hybridized carbons (Fsp3) is 0.889. The minimum absolute atomic E-state index is 0.186. The molecular weight excluding hydrogens is 168 g/mol. The lowest BCUT2D eigenvalue weighted by Gasteiger charge is -2.34. The van der Waals surface area contributed by atoms with E-state index in [0.717, 1.165) is 32.4 Å². The normalized spacial score (nSPS) is 23.2. The molecule has 0 aliphatic carbocycles. The molecule has 1 rings (SSSR count). The lowest BCUT2D eigenvalue weighted by atomic mass is 10.1. The predicted molar refractivity (Wildman–Crippen MR) is 50.9 cm³/mol. The van der Waals surface area contributed by atoms with Crippen LogP contribution in [-0.2, 0) is 0 Å². The van der Waals surface area contributed by atoms with Crippen molar-refractivity contribution in [2.45, 2.75) is 32.2 Å². The van der Waals surface area contributed by atoms with Gasteiger partial charge in [0.25, 0.3) is 0 Å². The summed E-state index contributed by atoms with van der Waals surface area (Å²) in [5.41, 5.74) is 0. The van der Waals surface area contributed by atoms with E-state index in [-0.39, 0.29) is 6.04 Å². The predicted octanol–water partition coefficient (Wildman–Crippen LogP) is 1.13. The Labute approximate surface area is 78.9 Å². The third-order valence-electron chi connectivity index (χ3n) is 2.49. The minimum atomic E-state index is -0.775. The van der Waals surface area contributed by atoms with Gasteiger partial charge in [0.2, 0.25) is 0 Å². The van der Waals surface area contributed by atoms with Gasteiger partial charge in [0.05, 0.1) is 0 Å². The highest BCUT2D eigenvalue weighted by Gasteiger charge is 2.25. The van der Waals surface area contributed by atoms with Gasteiger partial charge in [-0.05, 0) is 6.42 Å². The molecule has 4 nitrogen and oxygen atoms in total. The number of unbranched alkanes of at least 4 members (excludes halogenated alkanes) is 1. The number of hydrogen-bond donors (Lipinski definition) is 2. The molecule has 1 atom stereocenters. The largest absolute Gasteiger partial charge is 0.465 e. The van der Waals surface area contributed by atoms with Crippen LogP contribution in [0.2, 0.25) is 0 Å². The van der Waals surface area contributed by atoms with Crippen molar-refractivity contribution in [3.8, 4) is 0 Å². The van der Waals surface area contributed by atoms with Crippen molar-refractivity contribution in [1.29, 1.82) is 0 Å². The topological polar surface area (TPSA) is 52.6 Å². The molecule has 13 heavy (non-hydrogen) atoms. The molecule has 1 aliphatic rings. The molecule has 76 valence electrons. The van der Waals surface area contributed by atoms with Crippen molar-refractivity contribution >= 4 is 6.09 Å². The Balaban J connectivity index is 2.41. The number of nitrogens with zero attached hydrogens (tertiary/aromatic N) is 1. The van der Waals surface area contributed by atoms with Crippen molar-refractivity contribution in [3.63, 3.8) is 0 Å². The van der Waals surface area contributed by atoms with Crippen molar-refractivity contribution in [2.24, 2.45) is 0 Å².